The SMILES string of the molecule is Cc1cc(Cl)ccc1OCCN1CCN(C(=O)c2cnc3c(c2)NC(=O)CN3)CC1. The van der Waals surface area contributed by atoms with Gasteiger partial charge in [-0.2, -0.15) is 0 Å². The molecule has 9 heteroatoms. The Balaban J connectivity index is 1.26. The monoisotopic (exact) mass is 429 g/mol. The zero-order chi connectivity index (χ0) is 21.1. The molecule has 2 amide bonds. The predicted octanol–water partition coefficient (Wildman–Crippen LogP) is 2.24. The van der Waals surface area contributed by atoms with Crippen molar-refractivity contribution in [1.29, 1.82) is 0 Å². The molecule has 4 rings (SSSR count). The summed E-state index contributed by atoms with van der Waals surface area (Å²) >= 11 is 5.98. The van der Waals surface area contributed by atoms with E-state index in [0.29, 0.717) is 41.8 Å². The lowest BCUT2D eigenvalue weighted by molar-refractivity contribution is -0.114. The number of nitrogens with one attached hydrogen (secondary N) is 2. The maximum Gasteiger partial charge on any atom is 0.255 e. The summed E-state index contributed by atoms with van der Waals surface area (Å²) in [4.78, 5) is 32.7. The topological polar surface area (TPSA) is 86.8 Å². The summed E-state index contributed by atoms with van der Waals surface area (Å²) in [6, 6.07) is 7.28. The van der Waals surface area contributed by atoms with Crippen molar-refractivity contribution in [2.24, 2.45) is 0 Å². The van der Waals surface area contributed by atoms with Gasteiger partial charge in [0.25, 0.3) is 5.91 Å². The van der Waals surface area contributed by atoms with Crippen LogP contribution in [0, 0.1) is 6.92 Å². The van der Waals surface area contributed by atoms with E-state index in [4.69, 9.17) is 16.3 Å². The number of carbonyl (C=O) groups is 2. The zero-order valence-electron chi connectivity index (χ0n) is 16.8. The van der Waals surface area contributed by atoms with Crippen LogP contribution in [0.4, 0.5) is 11.5 Å². The summed E-state index contributed by atoms with van der Waals surface area (Å²) in [5, 5.41) is 6.38. The first-order valence-corrected chi connectivity index (χ1v) is 10.3. The summed E-state index contributed by atoms with van der Waals surface area (Å²) in [6.45, 7) is 6.39. The molecule has 0 radical (unpaired) electrons. The number of piperazine rings is 1. The Kier molecular flexibility index (Phi) is 6.06. The van der Waals surface area contributed by atoms with Gasteiger partial charge in [-0.1, -0.05) is 11.6 Å². The highest BCUT2D eigenvalue weighted by Crippen LogP contribution is 2.24. The zero-order valence-corrected chi connectivity index (χ0v) is 17.5. The number of aromatic nitrogens is 1. The molecule has 0 aliphatic carbocycles. The Labute approximate surface area is 180 Å². The van der Waals surface area contributed by atoms with Gasteiger partial charge >= 0.3 is 0 Å². The van der Waals surface area contributed by atoms with Crippen molar-refractivity contribution in [3.05, 3.63) is 46.6 Å². The van der Waals surface area contributed by atoms with Crippen LogP contribution in [0.2, 0.25) is 5.02 Å². The summed E-state index contributed by atoms with van der Waals surface area (Å²) in [7, 11) is 0. The molecule has 0 unspecified atom stereocenters. The van der Waals surface area contributed by atoms with Crippen LogP contribution in [0.1, 0.15) is 15.9 Å². The fourth-order valence-corrected chi connectivity index (χ4v) is 3.82. The summed E-state index contributed by atoms with van der Waals surface area (Å²) < 4.78 is 5.87. The minimum Gasteiger partial charge on any atom is -0.492 e. The van der Waals surface area contributed by atoms with E-state index in [2.05, 4.69) is 20.5 Å². The number of nitrogens with zero attached hydrogens (tertiary/aromatic N) is 3. The van der Waals surface area contributed by atoms with Gasteiger partial charge in [-0.15, -0.1) is 0 Å². The number of hydrogen-bond acceptors (Lipinski definition) is 6. The van der Waals surface area contributed by atoms with Crippen LogP contribution in [0.25, 0.3) is 0 Å². The van der Waals surface area contributed by atoms with Crippen LogP contribution in [0.5, 0.6) is 5.75 Å². The molecule has 2 aliphatic rings. The van der Waals surface area contributed by atoms with E-state index in [1.54, 1.807) is 12.3 Å². The lowest BCUT2D eigenvalue weighted by Crippen LogP contribution is -2.49. The highest BCUT2D eigenvalue weighted by atomic mass is 35.5. The molecule has 3 heterocycles. The standard InChI is InChI=1S/C21H24ClN5O3/c1-14-10-16(22)2-3-18(14)30-9-8-26-4-6-27(7-5-26)21(29)15-11-17-20(23-12-15)24-13-19(28)25-17/h2-3,10-12H,4-9,13H2,1H3,(H,23,24)(H,25,28). The third kappa shape index (κ3) is 4.66. The first kappa shape index (κ1) is 20.4. The number of anilines is 2. The Hall–Kier alpha value is -2.84. The minimum atomic E-state index is -0.140. The van der Waals surface area contributed by atoms with Crippen LogP contribution in [0.15, 0.2) is 30.5 Å². The average Bonchev–Trinajstić information content (AvgIpc) is 2.74. The van der Waals surface area contributed by atoms with E-state index >= 15 is 0 Å². The van der Waals surface area contributed by atoms with Crippen LogP contribution in [0.3, 0.4) is 0 Å². The number of pyridine rings is 1. The molecule has 2 aliphatic heterocycles. The maximum atomic E-state index is 12.8. The Morgan fingerprint density at radius 2 is 2.03 bits per heavy atom. The van der Waals surface area contributed by atoms with Gasteiger partial charge in [0.1, 0.15) is 18.2 Å². The van der Waals surface area contributed by atoms with E-state index in [0.717, 1.165) is 30.9 Å². The van der Waals surface area contributed by atoms with Gasteiger partial charge in [0.2, 0.25) is 5.91 Å². The number of amides is 2. The van der Waals surface area contributed by atoms with Crippen molar-refractivity contribution < 1.29 is 14.3 Å². The van der Waals surface area contributed by atoms with Crippen LogP contribution < -0.4 is 15.4 Å². The van der Waals surface area contributed by atoms with Gasteiger partial charge in [0, 0.05) is 43.9 Å². The Morgan fingerprint density at radius 1 is 1.23 bits per heavy atom. The molecule has 2 aromatic rings. The number of hydrogen-bond donors (Lipinski definition) is 2. The van der Waals surface area contributed by atoms with E-state index < -0.39 is 0 Å². The molecule has 1 aromatic heterocycles. The quantitative estimate of drug-likeness (QED) is 0.758. The summed E-state index contributed by atoms with van der Waals surface area (Å²) in [5.74, 6) is 1.22. The van der Waals surface area contributed by atoms with Crippen molar-refractivity contribution in [1.82, 2.24) is 14.8 Å². The first-order chi connectivity index (χ1) is 14.5. The van der Waals surface area contributed by atoms with Crippen molar-refractivity contribution in [3.8, 4) is 5.75 Å². The molecule has 0 spiro atoms. The lowest BCUT2D eigenvalue weighted by Gasteiger charge is -2.34. The number of rotatable bonds is 5. The Bertz CT molecular complexity index is 960. The molecule has 2 N–H and O–H groups in total. The van der Waals surface area contributed by atoms with Gasteiger partial charge in [-0.25, -0.2) is 4.98 Å². The van der Waals surface area contributed by atoms with E-state index in [-0.39, 0.29) is 18.4 Å². The lowest BCUT2D eigenvalue weighted by atomic mass is 10.2. The van der Waals surface area contributed by atoms with Crippen molar-refractivity contribution >= 4 is 34.9 Å². The molecule has 1 fully saturated rings. The number of benzene rings is 1. The first-order valence-electron chi connectivity index (χ1n) is 9.94. The largest absolute Gasteiger partial charge is 0.492 e. The number of aryl methyl sites for hydroxylation is 1. The molecule has 158 valence electrons. The van der Waals surface area contributed by atoms with E-state index in [9.17, 15) is 9.59 Å². The highest BCUT2D eigenvalue weighted by molar-refractivity contribution is 6.30. The second kappa shape index (κ2) is 8.89. The third-order valence-electron chi connectivity index (χ3n) is 5.29. The predicted molar refractivity (Wildman–Crippen MR) is 115 cm³/mol. The molecule has 1 aromatic carbocycles. The molecule has 0 bridgehead atoms. The van der Waals surface area contributed by atoms with Gasteiger partial charge in [-0.05, 0) is 36.8 Å². The van der Waals surface area contributed by atoms with Gasteiger partial charge in [0.15, 0.2) is 0 Å². The van der Waals surface area contributed by atoms with Crippen LogP contribution in [-0.2, 0) is 4.79 Å². The van der Waals surface area contributed by atoms with Gasteiger partial charge in [0.05, 0.1) is 17.8 Å². The second-order valence-electron chi connectivity index (χ2n) is 7.41. The third-order valence-corrected chi connectivity index (χ3v) is 5.52. The smallest absolute Gasteiger partial charge is 0.255 e. The fourth-order valence-electron chi connectivity index (χ4n) is 3.59. The van der Waals surface area contributed by atoms with E-state index in [1.165, 1.54) is 0 Å². The highest BCUT2D eigenvalue weighted by Gasteiger charge is 2.24. The van der Waals surface area contributed by atoms with Gasteiger partial charge < -0.3 is 20.3 Å². The van der Waals surface area contributed by atoms with Crippen LogP contribution in [-0.4, -0.2) is 72.5 Å². The van der Waals surface area contributed by atoms with Crippen LogP contribution >= 0.6 is 11.6 Å². The fraction of sp³-hybridized carbons (Fsp3) is 0.381. The summed E-state index contributed by atoms with van der Waals surface area (Å²) in [5.41, 5.74) is 2.04. The van der Waals surface area contributed by atoms with Gasteiger partial charge in [-0.3, -0.25) is 14.5 Å². The van der Waals surface area contributed by atoms with Crippen molar-refractivity contribution in [2.75, 3.05) is 56.5 Å². The number of carbonyl (C=O) groups excluding carboxylic acids is 2. The molecule has 30 heavy (non-hydrogen) atoms. The minimum absolute atomic E-state index is 0.0715. The molecule has 0 saturated carbocycles. The molecule has 1 saturated heterocycles. The average molecular weight is 430 g/mol. The Morgan fingerprint density at radius 3 is 2.80 bits per heavy atom. The number of ether oxygens (including phenoxy) is 1. The van der Waals surface area contributed by atoms with E-state index in [1.807, 2.05) is 30.0 Å². The second-order valence-corrected chi connectivity index (χ2v) is 7.85. The normalized spacial score (nSPS) is 16.5. The number of fused-ring (bicyclic) bond motifs is 1. The number of halogens is 1. The maximum absolute atomic E-state index is 12.8. The molecular weight excluding hydrogens is 406 g/mol. The van der Waals surface area contributed by atoms with Crippen molar-refractivity contribution in [2.45, 2.75) is 6.92 Å². The summed E-state index contributed by atoms with van der Waals surface area (Å²) in [6.07, 6.45) is 1.56. The van der Waals surface area contributed by atoms with Crippen molar-refractivity contribution in [3.63, 3.8) is 0 Å². The molecule has 8 nitrogen and oxygen atoms in total. The molecular formula is C21H24ClN5O3. The molecule has 0 atom stereocenters.